The zero-order valence-corrected chi connectivity index (χ0v) is 17.1. The van der Waals surface area contributed by atoms with E-state index in [2.05, 4.69) is 37.7 Å². The van der Waals surface area contributed by atoms with Crippen LogP contribution in [0.15, 0.2) is 18.2 Å². The van der Waals surface area contributed by atoms with Crippen LogP contribution in [-0.4, -0.2) is 86.2 Å². The first-order valence-corrected chi connectivity index (χ1v) is 10.0. The first kappa shape index (κ1) is 20.0. The molecule has 0 spiro atoms. The molecule has 0 radical (unpaired) electrons. The van der Waals surface area contributed by atoms with Gasteiger partial charge in [0, 0.05) is 31.7 Å². The van der Waals surface area contributed by atoms with Gasteiger partial charge < -0.3 is 19.3 Å². The summed E-state index contributed by atoms with van der Waals surface area (Å²) in [5, 5.41) is 0. The number of nitrogens with zero attached hydrogens (tertiary/aromatic N) is 3. The fourth-order valence-corrected chi connectivity index (χ4v) is 4.05. The Bertz CT molecular complexity index is 638. The molecule has 2 aliphatic heterocycles. The Morgan fingerprint density at radius 1 is 1.11 bits per heavy atom. The molecule has 1 saturated heterocycles. The van der Waals surface area contributed by atoms with Gasteiger partial charge in [-0.15, -0.1) is 0 Å². The summed E-state index contributed by atoms with van der Waals surface area (Å²) in [6.45, 7) is 9.40. The number of carbonyl (C=O) groups excluding carboxylic acids is 1. The number of fused-ring (bicyclic) bond motifs is 1. The minimum absolute atomic E-state index is 0.193. The van der Waals surface area contributed by atoms with Gasteiger partial charge in [-0.05, 0) is 58.6 Å². The standard InChI is InChI=1S/C21H33N3O3/c1-16-14-23(15-17(2)24(16)9-5-8-22(3)4)21(25)13-18-6-7-19-20(12-18)27-11-10-26-19/h6-7,12,16-17H,5,8-11,13-15H2,1-4H3. The van der Waals surface area contributed by atoms with Crippen LogP contribution in [0.1, 0.15) is 25.8 Å². The van der Waals surface area contributed by atoms with E-state index in [9.17, 15) is 4.79 Å². The molecule has 1 amide bonds. The molecule has 150 valence electrons. The van der Waals surface area contributed by atoms with Gasteiger partial charge >= 0.3 is 0 Å². The number of hydrogen-bond donors (Lipinski definition) is 0. The second-order valence-corrected chi connectivity index (χ2v) is 8.05. The molecule has 2 aliphatic rings. The van der Waals surface area contributed by atoms with Crippen LogP contribution >= 0.6 is 0 Å². The van der Waals surface area contributed by atoms with Gasteiger partial charge in [-0.2, -0.15) is 0 Å². The van der Waals surface area contributed by atoms with Crippen molar-refractivity contribution >= 4 is 5.91 Å². The minimum Gasteiger partial charge on any atom is -0.486 e. The maximum atomic E-state index is 12.9. The quantitative estimate of drug-likeness (QED) is 0.760. The fraction of sp³-hybridized carbons (Fsp3) is 0.667. The normalized spacial score (nSPS) is 22.9. The Kier molecular flexibility index (Phi) is 6.60. The number of rotatable bonds is 6. The maximum absolute atomic E-state index is 12.9. The van der Waals surface area contributed by atoms with Crippen molar-refractivity contribution in [2.75, 3.05) is 53.5 Å². The fourth-order valence-electron chi connectivity index (χ4n) is 4.05. The molecule has 1 aromatic rings. The van der Waals surface area contributed by atoms with E-state index in [0.29, 0.717) is 31.7 Å². The average Bonchev–Trinajstić information content (AvgIpc) is 2.63. The van der Waals surface area contributed by atoms with Crippen LogP contribution in [0.25, 0.3) is 0 Å². The summed E-state index contributed by atoms with van der Waals surface area (Å²) < 4.78 is 11.2. The highest BCUT2D eigenvalue weighted by atomic mass is 16.6. The molecule has 0 aromatic heterocycles. The van der Waals surface area contributed by atoms with Gasteiger partial charge in [0.05, 0.1) is 6.42 Å². The van der Waals surface area contributed by atoms with Gasteiger partial charge in [0.2, 0.25) is 5.91 Å². The van der Waals surface area contributed by atoms with Crippen LogP contribution in [0.3, 0.4) is 0 Å². The second kappa shape index (κ2) is 8.93. The topological polar surface area (TPSA) is 45.3 Å². The van der Waals surface area contributed by atoms with Gasteiger partial charge in [-0.3, -0.25) is 9.69 Å². The monoisotopic (exact) mass is 375 g/mol. The molecule has 0 bridgehead atoms. The van der Waals surface area contributed by atoms with Gasteiger partial charge in [0.25, 0.3) is 0 Å². The van der Waals surface area contributed by atoms with Crippen LogP contribution in [0.2, 0.25) is 0 Å². The first-order valence-electron chi connectivity index (χ1n) is 10.0. The zero-order valence-electron chi connectivity index (χ0n) is 17.1. The van der Waals surface area contributed by atoms with Crippen molar-refractivity contribution in [1.82, 2.24) is 14.7 Å². The van der Waals surface area contributed by atoms with E-state index in [4.69, 9.17) is 9.47 Å². The Hall–Kier alpha value is -1.79. The highest BCUT2D eigenvalue weighted by Crippen LogP contribution is 2.31. The highest BCUT2D eigenvalue weighted by Gasteiger charge is 2.31. The predicted molar refractivity (Wildman–Crippen MR) is 107 cm³/mol. The Balaban J connectivity index is 1.55. The van der Waals surface area contributed by atoms with Crippen molar-refractivity contribution in [2.24, 2.45) is 0 Å². The molecule has 2 atom stereocenters. The Labute approximate surface area is 163 Å². The molecule has 2 unspecified atom stereocenters. The van der Waals surface area contributed by atoms with E-state index in [1.54, 1.807) is 0 Å². The number of ether oxygens (including phenoxy) is 2. The molecule has 0 N–H and O–H groups in total. The van der Waals surface area contributed by atoms with E-state index in [-0.39, 0.29) is 5.91 Å². The molecule has 0 aliphatic carbocycles. The van der Waals surface area contributed by atoms with E-state index in [0.717, 1.165) is 49.7 Å². The Morgan fingerprint density at radius 3 is 2.44 bits per heavy atom. The second-order valence-electron chi connectivity index (χ2n) is 8.05. The predicted octanol–water partition coefficient (Wildman–Crippen LogP) is 1.87. The molecule has 1 aromatic carbocycles. The van der Waals surface area contributed by atoms with E-state index in [1.807, 2.05) is 23.1 Å². The summed E-state index contributed by atoms with van der Waals surface area (Å²) >= 11 is 0. The van der Waals surface area contributed by atoms with Crippen molar-refractivity contribution in [1.29, 1.82) is 0 Å². The van der Waals surface area contributed by atoms with Crippen LogP contribution < -0.4 is 9.47 Å². The minimum atomic E-state index is 0.193. The van der Waals surface area contributed by atoms with Gasteiger partial charge in [-0.25, -0.2) is 0 Å². The molecule has 6 heteroatoms. The molecule has 3 rings (SSSR count). The lowest BCUT2D eigenvalue weighted by Crippen LogP contribution is -2.58. The third kappa shape index (κ3) is 5.14. The summed E-state index contributed by atoms with van der Waals surface area (Å²) in [4.78, 5) is 19.7. The van der Waals surface area contributed by atoms with Crippen molar-refractivity contribution in [3.63, 3.8) is 0 Å². The van der Waals surface area contributed by atoms with E-state index < -0.39 is 0 Å². The molecule has 0 saturated carbocycles. The van der Waals surface area contributed by atoms with Gasteiger partial charge in [0.15, 0.2) is 11.5 Å². The van der Waals surface area contributed by atoms with Crippen LogP contribution in [-0.2, 0) is 11.2 Å². The molecule has 6 nitrogen and oxygen atoms in total. The lowest BCUT2D eigenvalue weighted by atomic mass is 10.1. The lowest BCUT2D eigenvalue weighted by molar-refractivity contribution is -0.134. The molecule has 1 fully saturated rings. The van der Waals surface area contributed by atoms with Crippen molar-refractivity contribution in [2.45, 2.75) is 38.8 Å². The molecular weight excluding hydrogens is 342 g/mol. The number of carbonyl (C=O) groups is 1. The highest BCUT2D eigenvalue weighted by molar-refractivity contribution is 5.79. The molecular formula is C21H33N3O3. The third-order valence-corrected chi connectivity index (χ3v) is 5.44. The van der Waals surface area contributed by atoms with Crippen molar-refractivity contribution < 1.29 is 14.3 Å². The smallest absolute Gasteiger partial charge is 0.227 e. The number of piperazine rings is 1. The SMILES string of the molecule is CC1CN(C(=O)Cc2ccc3c(c2)OCCO3)CC(C)N1CCCN(C)C. The maximum Gasteiger partial charge on any atom is 0.227 e. The average molecular weight is 376 g/mol. The molecule has 27 heavy (non-hydrogen) atoms. The van der Waals surface area contributed by atoms with Crippen LogP contribution in [0.5, 0.6) is 11.5 Å². The van der Waals surface area contributed by atoms with E-state index in [1.165, 1.54) is 0 Å². The zero-order chi connectivity index (χ0) is 19.4. The number of benzene rings is 1. The summed E-state index contributed by atoms with van der Waals surface area (Å²) in [7, 11) is 4.22. The first-order chi connectivity index (χ1) is 12.9. The summed E-state index contributed by atoms with van der Waals surface area (Å²) in [6.07, 6.45) is 1.57. The number of hydrogen-bond acceptors (Lipinski definition) is 5. The number of amides is 1. The van der Waals surface area contributed by atoms with Crippen LogP contribution in [0, 0.1) is 0 Å². The van der Waals surface area contributed by atoms with Crippen LogP contribution in [0.4, 0.5) is 0 Å². The van der Waals surface area contributed by atoms with Gasteiger partial charge in [0.1, 0.15) is 13.2 Å². The van der Waals surface area contributed by atoms with Gasteiger partial charge in [-0.1, -0.05) is 6.07 Å². The summed E-state index contributed by atoms with van der Waals surface area (Å²) in [6, 6.07) is 6.60. The lowest BCUT2D eigenvalue weighted by Gasteiger charge is -2.44. The largest absolute Gasteiger partial charge is 0.486 e. The van der Waals surface area contributed by atoms with Crippen molar-refractivity contribution in [3.05, 3.63) is 23.8 Å². The summed E-state index contributed by atoms with van der Waals surface area (Å²) in [5.74, 6) is 1.71. The molecule has 2 heterocycles. The van der Waals surface area contributed by atoms with E-state index >= 15 is 0 Å². The Morgan fingerprint density at radius 2 is 1.78 bits per heavy atom. The third-order valence-electron chi connectivity index (χ3n) is 5.44. The summed E-state index contributed by atoms with van der Waals surface area (Å²) in [5.41, 5.74) is 0.984. The van der Waals surface area contributed by atoms with Crippen molar-refractivity contribution in [3.8, 4) is 11.5 Å².